The first-order valence-corrected chi connectivity index (χ1v) is 6.42. The minimum atomic E-state index is 0.0999. The van der Waals surface area contributed by atoms with Crippen molar-refractivity contribution in [1.82, 2.24) is 5.32 Å². The van der Waals surface area contributed by atoms with Gasteiger partial charge in [-0.3, -0.25) is 0 Å². The molecule has 0 bridgehead atoms. The maximum atomic E-state index is 9.11. The number of nitriles is 1. The molecular formula is C15H18N2OS. The lowest BCUT2D eigenvalue weighted by molar-refractivity contribution is 0.415. The number of nitrogens with zero attached hydrogens (tertiary/aromatic N) is 1. The Kier molecular flexibility index (Phi) is 5.53. The Morgan fingerprint density at radius 1 is 1.47 bits per heavy atom. The van der Waals surface area contributed by atoms with E-state index in [4.69, 9.17) is 22.2 Å². The SMILES string of the molecule is COC(=S)C(C#N)=C(C)NC(C)c1cccc(C)c1. The van der Waals surface area contributed by atoms with Gasteiger partial charge in [-0.25, -0.2) is 0 Å². The molecule has 0 aromatic heterocycles. The number of allylic oxidation sites excluding steroid dienone is 1. The van der Waals surface area contributed by atoms with Crippen molar-refractivity contribution in [3.05, 3.63) is 46.7 Å². The van der Waals surface area contributed by atoms with Crippen LogP contribution in [0.4, 0.5) is 0 Å². The summed E-state index contributed by atoms with van der Waals surface area (Å²) in [6.07, 6.45) is 0. The summed E-state index contributed by atoms with van der Waals surface area (Å²) in [5.41, 5.74) is 3.47. The lowest BCUT2D eigenvalue weighted by atomic mass is 10.1. The molecule has 0 saturated heterocycles. The molecule has 3 nitrogen and oxygen atoms in total. The summed E-state index contributed by atoms with van der Waals surface area (Å²) in [4.78, 5) is 0. The highest BCUT2D eigenvalue weighted by atomic mass is 32.1. The maximum absolute atomic E-state index is 9.11. The molecule has 4 heteroatoms. The molecule has 0 aliphatic heterocycles. The van der Waals surface area contributed by atoms with Crippen molar-refractivity contribution in [2.75, 3.05) is 7.11 Å². The second kappa shape index (κ2) is 6.91. The fourth-order valence-electron chi connectivity index (χ4n) is 1.80. The van der Waals surface area contributed by atoms with E-state index in [9.17, 15) is 0 Å². The van der Waals surface area contributed by atoms with Gasteiger partial charge in [0.1, 0.15) is 11.6 Å². The van der Waals surface area contributed by atoms with Crippen LogP contribution in [0.1, 0.15) is 31.0 Å². The van der Waals surface area contributed by atoms with Gasteiger partial charge in [0.15, 0.2) is 0 Å². The second-order valence-corrected chi connectivity index (χ2v) is 4.75. The number of thiocarbonyl (C=S) groups is 1. The first kappa shape index (κ1) is 15.2. The van der Waals surface area contributed by atoms with Crippen molar-refractivity contribution in [3.63, 3.8) is 0 Å². The van der Waals surface area contributed by atoms with Gasteiger partial charge in [0.2, 0.25) is 5.05 Å². The molecule has 1 aromatic carbocycles. The van der Waals surface area contributed by atoms with Gasteiger partial charge in [0, 0.05) is 11.7 Å². The topological polar surface area (TPSA) is 45.0 Å². The van der Waals surface area contributed by atoms with Crippen LogP contribution in [0, 0.1) is 18.3 Å². The molecule has 0 aliphatic rings. The molecule has 0 fully saturated rings. The molecule has 0 aliphatic carbocycles. The Hall–Kier alpha value is -1.86. The van der Waals surface area contributed by atoms with E-state index < -0.39 is 0 Å². The van der Waals surface area contributed by atoms with Crippen LogP contribution < -0.4 is 5.32 Å². The number of hydrogen-bond donors (Lipinski definition) is 1. The summed E-state index contributed by atoms with van der Waals surface area (Å²) in [5, 5.41) is 12.6. The van der Waals surface area contributed by atoms with E-state index in [1.807, 2.05) is 19.9 Å². The molecule has 100 valence electrons. The summed E-state index contributed by atoms with van der Waals surface area (Å²) in [7, 11) is 1.47. The highest BCUT2D eigenvalue weighted by Crippen LogP contribution is 2.16. The largest absolute Gasteiger partial charge is 0.486 e. The lowest BCUT2D eigenvalue weighted by Gasteiger charge is -2.17. The van der Waals surface area contributed by atoms with Gasteiger partial charge >= 0.3 is 0 Å². The summed E-state index contributed by atoms with van der Waals surface area (Å²) < 4.78 is 4.94. The predicted molar refractivity (Wildman–Crippen MR) is 80.6 cm³/mol. The smallest absolute Gasteiger partial charge is 0.203 e. The minimum absolute atomic E-state index is 0.0999. The van der Waals surface area contributed by atoms with E-state index in [0.29, 0.717) is 5.57 Å². The Balaban J connectivity index is 2.93. The fourth-order valence-corrected chi connectivity index (χ4v) is 2.00. The quantitative estimate of drug-likeness (QED) is 0.519. The van der Waals surface area contributed by atoms with Gasteiger partial charge in [-0.1, -0.05) is 29.8 Å². The number of rotatable bonds is 4. The first-order chi connectivity index (χ1) is 8.99. The van der Waals surface area contributed by atoms with E-state index in [0.717, 1.165) is 5.70 Å². The molecule has 1 atom stereocenters. The Bertz CT molecular complexity index is 543. The lowest BCUT2D eigenvalue weighted by Crippen LogP contribution is -2.20. The molecular weight excluding hydrogens is 256 g/mol. The van der Waals surface area contributed by atoms with Crippen LogP contribution in [0.5, 0.6) is 0 Å². The molecule has 1 unspecified atom stereocenters. The third-order valence-corrected chi connectivity index (χ3v) is 3.22. The Morgan fingerprint density at radius 2 is 2.16 bits per heavy atom. The van der Waals surface area contributed by atoms with E-state index in [2.05, 4.69) is 36.5 Å². The summed E-state index contributed by atoms with van der Waals surface area (Å²) in [5.74, 6) is 0. The highest BCUT2D eigenvalue weighted by molar-refractivity contribution is 7.80. The standard InChI is InChI=1S/C15H18N2OS/c1-10-6-5-7-13(8-10)11(2)17-12(3)14(9-16)15(19)18-4/h5-8,11,17H,1-4H3. The Morgan fingerprint density at radius 3 is 2.68 bits per heavy atom. The van der Waals surface area contributed by atoms with Crippen molar-refractivity contribution < 1.29 is 4.74 Å². The van der Waals surface area contributed by atoms with Crippen molar-refractivity contribution in [2.24, 2.45) is 0 Å². The monoisotopic (exact) mass is 274 g/mol. The maximum Gasteiger partial charge on any atom is 0.203 e. The first-order valence-electron chi connectivity index (χ1n) is 6.02. The molecule has 0 spiro atoms. The molecule has 0 saturated carbocycles. The average molecular weight is 274 g/mol. The van der Waals surface area contributed by atoms with Gasteiger partial charge < -0.3 is 10.1 Å². The normalized spacial score (nSPS) is 13.0. The molecule has 1 N–H and O–H groups in total. The number of aryl methyl sites for hydroxylation is 1. The van der Waals surface area contributed by atoms with E-state index in [1.54, 1.807) is 0 Å². The number of ether oxygens (including phenoxy) is 1. The van der Waals surface area contributed by atoms with Gasteiger partial charge in [-0.05, 0) is 38.6 Å². The van der Waals surface area contributed by atoms with Crippen molar-refractivity contribution >= 4 is 17.3 Å². The number of nitrogens with one attached hydrogen (secondary N) is 1. The molecule has 0 heterocycles. The van der Waals surface area contributed by atoms with Gasteiger partial charge in [0.05, 0.1) is 7.11 Å². The predicted octanol–water partition coefficient (Wildman–Crippen LogP) is 3.42. The summed E-state index contributed by atoms with van der Waals surface area (Å²) in [6, 6.07) is 10.4. The number of methoxy groups -OCH3 is 1. The second-order valence-electron chi connectivity index (χ2n) is 4.38. The molecule has 1 rings (SSSR count). The third kappa shape index (κ3) is 4.08. The molecule has 0 radical (unpaired) electrons. The van der Waals surface area contributed by atoms with Crippen molar-refractivity contribution in [3.8, 4) is 6.07 Å². The van der Waals surface area contributed by atoms with Crippen LogP contribution in [0.25, 0.3) is 0 Å². The van der Waals surface area contributed by atoms with Crippen molar-refractivity contribution in [2.45, 2.75) is 26.8 Å². The van der Waals surface area contributed by atoms with E-state index in [1.165, 1.54) is 18.2 Å². The summed E-state index contributed by atoms with van der Waals surface area (Å²) in [6.45, 7) is 5.93. The number of hydrogen-bond acceptors (Lipinski definition) is 4. The van der Waals surface area contributed by atoms with Crippen LogP contribution >= 0.6 is 12.2 Å². The number of benzene rings is 1. The molecule has 19 heavy (non-hydrogen) atoms. The summed E-state index contributed by atoms with van der Waals surface area (Å²) >= 11 is 5.00. The zero-order valence-electron chi connectivity index (χ0n) is 11.7. The molecule has 1 aromatic rings. The van der Waals surface area contributed by atoms with Crippen LogP contribution in [0.2, 0.25) is 0 Å². The highest BCUT2D eigenvalue weighted by Gasteiger charge is 2.12. The van der Waals surface area contributed by atoms with Crippen LogP contribution in [0.3, 0.4) is 0 Å². The van der Waals surface area contributed by atoms with Gasteiger partial charge in [-0.15, -0.1) is 0 Å². The minimum Gasteiger partial charge on any atom is -0.486 e. The molecule has 0 amide bonds. The zero-order chi connectivity index (χ0) is 14.4. The van der Waals surface area contributed by atoms with Crippen molar-refractivity contribution in [1.29, 1.82) is 5.26 Å². The van der Waals surface area contributed by atoms with Gasteiger partial charge in [-0.2, -0.15) is 5.26 Å². The van der Waals surface area contributed by atoms with Crippen LogP contribution in [-0.4, -0.2) is 12.2 Å². The average Bonchev–Trinajstić information content (AvgIpc) is 2.39. The fraction of sp³-hybridized carbons (Fsp3) is 0.333. The van der Waals surface area contributed by atoms with Crippen LogP contribution in [0.15, 0.2) is 35.5 Å². The van der Waals surface area contributed by atoms with Crippen LogP contribution in [-0.2, 0) is 4.74 Å². The Labute approximate surface area is 119 Å². The van der Waals surface area contributed by atoms with Gasteiger partial charge in [0.25, 0.3) is 0 Å². The zero-order valence-corrected chi connectivity index (χ0v) is 12.5. The van der Waals surface area contributed by atoms with E-state index >= 15 is 0 Å². The third-order valence-electron chi connectivity index (χ3n) is 2.85. The van der Waals surface area contributed by atoms with E-state index in [-0.39, 0.29) is 11.1 Å².